The number of nitrogens with zero attached hydrogens (tertiary/aromatic N) is 5. The van der Waals surface area contributed by atoms with E-state index in [0.717, 1.165) is 24.9 Å². The van der Waals surface area contributed by atoms with Gasteiger partial charge in [0.15, 0.2) is 5.82 Å². The van der Waals surface area contributed by atoms with E-state index >= 15 is 0 Å². The largest absolute Gasteiger partial charge is 0.507 e. The maximum atomic E-state index is 15.0. The van der Waals surface area contributed by atoms with Gasteiger partial charge in [0.2, 0.25) is 0 Å². The highest BCUT2D eigenvalue weighted by Crippen LogP contribution is 2.38. The molecule has 0 radical (unpaired) electrons. The van der Waals surface area contributed by atoms with Crippen LogP contribution in [0.3, 0.4) is 0 Å². The van der Waals surface area contributed by atoms with E-state index in [4.69, 9.17) is 0 Å². The van der Waals surface area contributed by atoms with Gasteiger partial charge in [0.05, 0.1) is 18.2 Å². The number of fused-ring (bicyclic) bond motifs is 2. The van der Waals surface area contributed by atoms with Gasteiger partial charge >= 0.3 is 0 Å². The quantitative estimate of drug-likeness (QED) is 0.691. The normalized spacial score (nSPS) is 25.8. The van der Waals surface area contributed by atoms with Crippen molar-refractivity contribution in [2.75, 3.05) is 0 Å². The second kappa shape index (κ2) is 7.60. The average molecular weight is 406 g/mol. The van der Waals surface area contributed by atoms with Gasteiger partial charge in [-0.15, -0.1) is 10.2 Å². The maximum Gasteiger partial charge on any atom is 0.177 e. The number of nitrogens with one attached hydrogen (secondary N) is 1. The summed E-state index contributed by atoms with van der Waals surface area (Å²) in [5.74, 6) is 0.136. The van der Waals surface area contributed by atoms with Crippen molar-refractivity contribution in [1.29, 1.82) is 0 Å². The molecule has 7 nitrogen and oxygen atoms in total. The molecule has 2 aromatic heterocycles. The monoisotopic (exact) mass is 406 g/mol. The van der Waals surface area contributed by atoms with Gasteiger partial charge in [0.25, 0.3) is 0 Å². The highest BCUT2D eigenvalue weighted by Gasteiger charge is 2.41. The minimum absolute atomic E-state index is 0.0684. The van der Waals surface area contributed by atoms with Crippen LogP contribution >= 0.6 is 0 Å². The molecule has 1 aromatic carbocycles. The SMILES string of the molecule is C=C(c1ncc(-c2ccc(-n3ccnc3)cc2O)nn1)[C@@H]1CC2CCCC(N2)[C@@H]1F. The Morgan fingerprint density at radius 2 is 2.17 bits per heavy atom. The van der Waals surface area contributed by atoms with E-state index in [-0.39, 0.29) is 17.7 Å². The second-order valence-corrected chi connectivity index (χ2v) is 8.05. The number of benzene rings is 1. The molecule has 2 fully saturated rings. The van der Waals surface area contributed by atoms with Gasteiger partial charge in [-0.25, -0.2) is 14.4 Å². The topological polar surface area (TPSA) is 88.8 Å². The molecule has 3 aromatic rings. The number of hydrogen-bond donors (Lipinski definition) is 2. The van der Waals surface area contributed by atoms with Crippen molar-refractivity contribution in [2.45, 2.75) is 43.9 Å². The molecular weight excluding hydrogens is 383 g/mol. The molecule has 0 saturated carbocycles. The molecule has 5 rings (SSSR count). The molecule has 2 unspecified atom stereocenters. The average Bonchev–Trinajstić information content (AvgIpc) is 3.31. The molecule has 0 spiro atoms. The summed E-state index contributed by atoms with van der Waals surface area (Å²) in [5, 5.41) is 22.3. The standard InChI is InChI=1S/C22H23FN6O/c1-13(17-9-14-3-2-4-18(26-14)21(17)23)22-25-11-19(27-28-22)16-6-5-15(10-20(16)30)29-8-7-24-12-29/h5-8,10-12,14,17-18,21,26,30H,1-4,9H2/t14?,17-,18?,21+/m0/s1. The number of piperidine rings is 2. The lowest BCUT2D eigenvalue weighted by atomic mass is 9.76. The molecule has 4 atom stereocenters. The molecule has 2 bridgehead atoms. The zero-order chi connectivity index (χ0) is 20.7. The van der Waals surface area contributed by atoms with Crippen LogP contribution in [0.2, 0.25) is 0 Å². The van der Waals surface area contributed by atoms with E-state index < -0.39 is 6.17 Å². The summed E-state index contributed by atoms with van der Waals surface area (Å²) in [6.07, 6.45) is 9.38. The van der Waals surface area contributed by atoms with Gasteiger partial charge < -0.3 is 15.0 Å². The summed E-state index contributed by atoms with van der Waals surface area (Å²) < 4.78 is 16.8. The molecular formula is C22H23FN6O. The van der Waals surface area contributed by atoms with Crippen LogP contribution in [0.5, 0.6) is 5.75 Å². The van der Waals surface area contributed by atoms with Crippen LogP contribution in [0.15, 0.2) is 49.7 Å². The van der Waals surface area contributed by atoms with Crippen LogP contribution in [-0.4, -0.2) is 48.1 Å². The van der Waals surface area contributed by atoms with Gasteiger partial charge in [-0.05, 0) is 37.0 Å². The molecule has 4 heterocycles. The summed E-state index contributed by atoms with van der Waals surface area (Å²) in [5.41, 5.74) is 2.35. The molecule has 30 heavy (non-hydrogen) atoms. The van der Waals surface area contributed by atoms with Crippen molar-refractivity contribution < 1.29 is 9.50 Å². The summed E-state index contributed by atoms with van der Waals surface area (Å²) in [6, 6.07) is 5.46. The summed E-state index contributed by atoms with van der Waals surface area (Å²) >= 11 is 0. The Balaban J connectivity index is 1.36. The van der Waals surface area contributed by atoms with Crippen LogP contribution in [0.25, 0.3) is 22.5 Å². The van der Waals surface area contributed by atoms with Crippen LogP contribution in [-0.2, 0) is 0 Å². The van der Waals surface area contributed by atoms with Crippen molar-refractivity contribution in [3.8, 4) is 22.7 Å². The minimum Gasteiger partial charge on any atom is -0.507 e. The van der Waals surface area contributed by atoms with Crippen molar-refractivity contribution >= 4 is 5.57 Å². The van der Waals surface area contributed by atoms with Crippen molar-refractivity contribution in [2.24, 2.45) is 5.92 Å². The Bertz CT molecular complexity index is 1050. The number of aromatic hydroxyl groups is 1. The molecule has 2 aliphatic heterocycles. The van der Waals surface area contributed by atoms with Crippen molar-refractivity contribution in [3.63, 3.8) is 0 Å². The predicted octanol–water partition coefficient (Wildman–Crippen LogP) is 3.31. The molecule has 0 amide bonds. The third-order valence-electron chi connectivity index (χ3n) is 6.18. The van der Waals surface area contributed by atoms with E-state index in [2.05, 4.69) is 32.1 Å². The first-order valence-corrected chi connectivity index (χ1v) is 10.2. The van der Waals surface area contributed by atoms with E-state index in [1.807, 2.05) is 6.07 Å². The number of alkyl halides is 1. The lowest BCUT2D eigenvalue weighted by molar-refractivity contribution is 0.0980. The number of allylic oxidation sites excluding steroid dienone is 1. The third kappa shape index (κ3) is 3.37. The summed E-state index contributed by atoms with van der Waals surface area (Å²) in [4.78, 5) is 8.39. The molecule has 8 heteroatoms. The van der Waals surface area contributed by atoms with Gasteiger partial charge in [-0.3, -0.25) is 0 Å². The van der Waals surface area contributed by atoms with Crippen LogP contribution < -0.4 is 5.32 Å². The van der Waals surface area contributed by atoms with Gasteiger partial charge in [0.1, 0.15) is 17.6 Å². The fraction of sp³-hybridized carbons (Fsp3) is 0.364. The van der Waals surface area contributed by atoms with E-state index in [1.54, 1.807) is 41.6 Å². The number of rotatable bonds is 4. The number of halogens is 1. The zero-order valence-corrected chi connectivity index (χ0v) is 16.4. The predicted molar refractivity (Wildman–Crippen MR) is 111 cm³/mol. The van der Waals surface area contributed by atoms with E-state index in [0.29, 0.717) is 35.1 Å². The molecule has 2 saturated heterocycles. The van der Waals surface area contributed by atoms with Gasteiger partial charge in [-0.2, -0.15) is 0 Å². The van der Waals surface area contributed by atoms with Crippen molar-refractivity contribution in [1.82, 2.24) is 30.0 Å². The number of hydrogen-bond acceptors (Lipinski definition) is 6. The highest BCUT2D eigenvalue weighted by atomic mass is 19.1. The van der Waals surface area contributed by atoms with Crippen LogP contribution in [0, 0.1) is 5.92 Å². The Kier molecular flexibility index (Phi) is 4.78. The molecule has 2 N–H and O–H groups in total. The van der Waals surface area contributed by atoms with Crippen LogP contribution in [0.4, 0.5) is 4.39 Å². The van der Waals surface area contributed by atoms with E-state index in [9.17, 15) is 9.50 Å². The molecule has 2 aliphatic rings. The molecule has 0 aliphatic carbocycles. The lowest BCUT2D eigenvalue weighted by Gasteiger charge is -2.43. The first kappa shape index (κ1) is 18.9. The fourth-order valence-electron chi connectivity index (χ4n) is 4.56. The second-order valence-electron chi connectivity index (χ2n) is 8.05. The first-order valence-electron chi connectivity index (χ1n) is 10.2. The Morgan fingerprint density at radius 3 is 2.90 bits per heavy atom. The summed E-state index contributed by atoms with van der Waals surface area (Å²) in [7, 11) is 0. The number of phenols is 1. The minimum atomic E-state index is -0.989. The van der Waals surface area contributed by atoms with E-state index in [1.165, 1.54) is 0 Å². The van der Waals surface area contributed by atoms with Crippen molar-refractivity contribution in [3.05, 3.63) is 55.5 Å². The Labute approximate surface area is 173 Å². The number of imidazole rings is 1. The zero-order valence-electron chi connectivity index (χ0n) is 16.4. The molecule has 154 valence electrons. The highest BCUT2D eigenvalue weighted by molar-refractivity contribution is 5.68. The van der Waals surface area contributed by atoms with Gasteiger partial charge in [0, 0.05) is 42.0 Å². The van der Waals surface area contributed by atoms with Gasteiger partial charge in [-0.1, -0.05) is 13.0 Å². The summed E-state index contributed by atoms with van der Waals surface area (Å²) in [6.45, 7) is 4.10. The smallest absolute Gasteiger partial charge is 0.177 e. The first-order chi connectivity index (χ1) is 14.6. The Morgan fingerprint density at radius 1 is 1.27 bits per heavy atom. The third-order valence-corrected chi connectivity index (χ3v) is 6.18. The number of aromatic nitrogens is 5. The Hall–Kier alpha value is -3.13. The lowest BCUT2D eigenvalue weighted by Crippen LogP contribution is -2.55. The van der Waals surface area contributed by atoms with Crippen LogP contribution in [0.1, 0.15) is 31.5 Å². The maximum absolute atomic E-state index is 15.0. The fourth-order valence-corrected chi connectivity index (χ4v) is 4.56. The number of phenolic OH excluding ortho intramolecular Hbond substituents is 1.